The summed E-state index contributed by atoms with van der Waals surface area (Å²) in [6, 6.07) is 19.2. The molecule has 1 N–H and O–H groups in total. The Balaban J connectivity index is 1.48. The van der Waals surface area contributed by atoms with E-state index in [2.05, 4.69) is 10.4 Å². The van der Waals surface area contributed by atoms with E-state index in [4.69, 9.17) is 9.47 Å². The lowest BCUT2D eigenvalue weighted by atomic mass is 10.1. The van der Waals surface area contributed by atoms with Gasteiger partial charge >= 0.3 is 0 Å². The van der Waals surface area contributed by atoms with Crippen LogP contribution < -0.4 is 14.8 Å². The summed E-state index contributed by atoms with van der Waals surface area (Å²) in [5.74, 6) is -0.0915. The highest BCUT2D eigenvalue weighted by molar-refractivity contribution is 5.95. The second-order valence-corrected chi connectivity index (χ2v) is 7.53. The number of amides is 1. The maximum atomic E-state index is 13.3. The van der Waals surface area contributed by atoms with Gasteiger partial charge in [-0.3, -0.25) is 4.79 Å². The molecule has 0 aliphatic carbocycles. The van der Waals surface area contributed by atoms with Gasteiger partial charge in [0.05, 0.1) is 19.0 Å². The fourth-order valence-corrected chi connectivity index (χ4v) is 3.29. The number of hydrogen-bond donors (Lipinski definition) is 1. The molecule has 0 fully saturated rings. The molecule has 34 heavy (non-hydrogen) atoms. The first-order valence-corrected chi connectivity index (χ1v) is 10.7. The Morgan fingerprint density at radius 2 is 1.53 bits per heavy atom. The maximum absolute atomic E-state index is 13.3. The largest absolute Gasteiger partial charge is 0.497 e. The number of carbonyl (C=O) groups is 1. The lowest BCUT2D eigenvalue weighted by Gasteiger charge is -2.08. The first kappa shape index (κ1) is 23.0. The van der Waals surface area contributed by atoms with Crippen molar-refractivity contribution in [1.82, 2.24) is 15.1 Å². The molecule has 0 bridgehead atoms. The Morgan fingerprint density at radius 3 is 2.18 bits per heavy atom. The number of halogens is 2. The van der Waals surface area contributed by atoms with Crippen molar-refractivity contribution >= 4 is 5.91 Å². The number of rotatable bonds is 9. The summed E-state index contributed by atoms with van der Waals surface area (Å²) in [6.45, 7) is 0.521. The molecule has 8 heteroatoms. The molecule has 1 amide bonds. The van der Waals surface area contributed by atoms with Gasteiger partial charge in [-0.05, 0) is 66.1 Å². The zero-order valence-corrected chi connectivity index (χ0v) is 18.5. The molecule has 0 saturated heterocycles. The molecule has 4 aromatic rings. The molecule has 0 radical (unpaired) electrons. The van der Waals surface area contributed by atoms with Crippen molar-refractivity contribution in [1.29, 1.82) is 0 Å². The number of hydrogen-bond acceptors (Lipinski definition) is 4. The molecule has 4 rings (SSSR count). The maximum Gasteiger partial charge on any atom is 0.275 e. The van der Waals surface area contributed by atoms with Gasteiger partial charge in [0.1, 0.15) is 24.0 Å². The smallest absolute Gasteiger partial charge is 0.275 e. The van der Waals surface area contributed by atoms with Gasteiger partial charge in [0.25, 0.3) is 5.91 Å². The summed E-state index contributed by atoms with van der Waals surface area (Å²) in [6.07, 6.45) is 2.19. The summed E-state index contributed by atoms with van der Waals surface area (Å²) in [5.41, 5.74) is 2.46. The van der Waals surface area contributed by atoms with E-state index in [1.165, 1.54) is 28.9 Å². The van der Waals surface area contributed by atoms with E-state index in [1.54, 1.807) is 37.6 Å². The third-order valence-electron chi connectivity index (χ3n) is 5.15. The Kier molecular flexibility index (Phi) is 7.17. The predicted molar refractivity (Wildman–Crippen MR) is 123 cm³/mol. The van der Waals surface area contributed by atoms with Crippen molar-refractivity contribution < 1.29 is 23.0 Å². The van der Waals surface area contributed by atoms with Gasteiger partial charge in [0.15, 0.2) is 11.4 Å². The molecule has 0 atom stereocenters. The molecule has 0 aliphatic rings. The van der Waals surface area contributed by atoms with Crippen molar-refractivity contribution in [2.45, 2.75) is 13.0 Å². The first-order valence-electron chi connectivity index (χ1n) is 10.7. The molecule has 6 nitrogen and oxygen atoms in total. The Bertz CT molecular complexity index is 1240. The summed E-state index contributed by atoms with van der Waals surface area (Å²) in [4.78, 5) is 12.9. The second-order valence-electron chi connectivity index (χ2n) is 7.53. The Morgan fingerprint density at radius 1 is 0.912 bits per heavy atom. The molecule has 0 unspecified atom stereocenters. The number of nitrogens with one attached hydrogen (secondary N) is 1. The highest BCUT2D eigenvalue weighted by Gasteiger charge is 2.19. The summed E-state index contributed by atoms with van der Waals surface area (Å²) < 4.78 is 39.0. The summed E-state index contributed by atoms with van der Waals surface area (Å²) >= 11 is 0. The van der Waals surface area contributed by atoms with Crippen molar-refractivity contribution in [3.63, 3.8) is 0 Å². The van der Waals surface area contributed by atoms with Crippen molar-refractivity contribution in [3.05, 3.63) is 107 Å². The number of nitrogens with zero attached hydrogens (tertiary/aromatic N) is 2. The molecular weight excluding hydrogens is 440 g/mol. The van der Waals surface area contributed by atoms with Crippen LogP contribution in [-0.4, -0.2) is 29.3 Å². The monoisotopic (exact) mass is 463 g/mol. The fraction of sp³-hybridized carbons (Fsp3) is 0.154. The van der Waals surface area contributed by atoms with Crippen molar-refractivity contribution in [2.24, 2.45) is 0 Å². The van der Waals surface area contributed by atoms with Gasteiger partial charge in [-0.1, -0.05) is 24.3 Å². The number of ether oxygens (including phenoxy) is 2. The molecule has 1 heterocycles. The minimum Gasteiger partial charge on any atom is -0.497 e. The second kappa shape index (κ2) is 10.6. The van der Waals surface area contributed by atoms with Crippen LogP contribution in [0.25, 0.3) is 5.69 Å². The Hall–Kier alpha value is -4.20. The number of methoxy groups -OCH3 is 1. The van der Waals surface area contributed by atoms with E-state index < -0.39 is 5.91 Å². The lowest BCUT2D eigenvalue weighted by molar-refractivity contribution is 0.0944. The normalized spacial score (nSPS) is 10.7. The fourth-order valence-electron chi connectivity index (χ4n) is 3.29. The predicted octanol–water partition coefficient (Wildman–Crippen LogP) is 4.71. The Labute approximate surface area is 195 Å². The topological polar surface area (TPSA) is 65.4 Å². The summed E-state index contributed by atoms with van der Waals surface area (Å²) in [5, 5.41) is 7.23. The van der Waals surface area contributed by atoms with Crippen LogP contribution in [0.3, 0.4) is 0 Å². The molecule has 0 spiro atoms. The molecule has 174 valence electrons. The highest BCUT2D eigenvalue weighted by atomic mass is 19.1. The zero-order chi connectivity index (χ0) is 23.9. The third-order valence-corrected chi connectivity index (χ3v) is 5.15. The van der Waals surface area contributed by atoms with E-state index in [0.29, 0.717) is 18.7 Å². The van der Waals surface area contributed by atoms with E-state index >= 15 is 0 Å². The minimum absolute atomic E-state index is 0.0983. The summed E-state index contributed by atoms with van der Waals surface area (Å²) in [7, 11) is 1.61. The molecule has 1 aromatic heterocycles. The van der Waals surface area contributed by atoms with Crippen LogP contribution in [0.15, 0.2) is 79.0 Å². The number of benzene rings is 3. The standard InChI is InChI=1S/C26H23F2N3O3/c1-33-23-12-4-18(5-13-23)14-15-29-26(32)25-24(34-17-19-2-6-20(27)7-3-19)16-31(30-25)22-10-8-21(28)9-11-22/h2-13,16H,14-15,17H2,1H3,(H,29,32). The average molecular weight is 463 g/mol. The molecule has 0 saturated carbocycles. The molecular formula is C26H23F2N3O3. The first-order chi connectivity index (χ1) is 16.5. The van der Waals surface area contributed by atoms with E-state index in [0.717, 1.165) is 16.9 Å². The van der Waals surface area contributed by atoms with Crippen LogP contribution in [0.1, 0.15) is 21.6 Å². The number of carbonyl (C=O) groups excluding carboxylic acids is 1. The van der Waals surface area contributed by atoms with Crippen LogP contribution >= 0.6 is 0 Å². The van der Waals surface area contributed by atoms with Crippen LogP contribution in [0.2, 0.25) is 0 Å². The van der Waals surface area contributed by atoms with E-state index in [-0.39, 0.29) is 29.7 Å². The lowest BCUT2D eigenvalue weighted by Crippen LogP contribution is -2.26. The van der Waals surface area contributed by atoms with Gasteiger partial charge in [0, 0.05) is 6.54 Å². The van der Waals surface area contributed by atoms with Crippen LogP contribution in [0.4, 0.5) is 8.78 Å². The van der Waals surface area contributed by atoms with Crippen LogP contribution in [0.5, 0.6) is 11.5 Å². The van der Waals surface area contributed by atoms with Crippen LogP contribution in [0, 0.1) is 11.6 Å². The van der Waals surface area contributed by atoms with Crippen molar-refractivity contribution in [2.75, 3.05) is 13.7 Å². The van der Waals surface area contributed by atoms with Crippen molar-refractivity contribution in [3.8, 4) is 17.2 Å². The third kappa shape index (κ3) is 5.78. The SMILES string of the molecule is COc1ccc(CCNC(=O)c2nn(-c3ccc(F)cc3)cc2OCc2ccc(F)cc2)cc1. The van der Waals surface area contributed by atoms with E-state index in [1.807, 2.05) is 24.3 Å². The highest BCUT2D eigenvalue weighted by Crippen LogP contribution is 2.22. The van der Waals surface area contributed by atoms with Gasteiger partial charge in [-0.15, -0.1) is 0 Å². The van der Waals surface area contributed by atoms with Gasteiger partial charge in [-0.2, -0.15) is 5.10 Å². The average Bonchev–Trinajstić information content (AvgIpc) is 3.29. The van der Waals surface area contributed by atoms with Gasteiger partial charge < -0.3 is 14.8 Å². The zero-order valence-electron chi connectivity index (χ0n) is 18.5. The van der Waals surface area contributed by atoms with Crippen LogP contribution in [-0.2, 0) is 13.0 Å². The van der Waals surface area contributed by atoms with E-state index in [9.17, 15) is 13.6 Å². The van der Waals surface area contributed by atoms with Gasteiger partial charge in [0.2, 0.25) is 0 Å². The quantitative estimate of drug-likeness (QED) is 0.391. The van der Waals surface area contributed by atoms with Gasteiger partial charge in [-0.25, -0.2) is 13.5 Å². The number of aromatic nitrogens is 2. The molecule has 3 aromatic carbocycles. The minimum atomic E-state index is -0.400. The molecule has 0 aliphatic heterocycles.